The normalized spacial score (nSPS) is 10.8. The van der Waals surface area contributed by atoms with Crippen molar-refractivity contribution >= 4 is 11.8 Å². The number of nitrogens with zero attached hydrogens (tertiary/aromatic N) is 3. The lowest BCUT2D eigenvalue weighted by atomic mass is 10.1. The summed E-state index contributed by atoms with van der Waals surface area (Å²) in [6.07, 6.45) is 0. The minimum absolute atomic E-state index is 0.808. The second kappa shape index (κ2) is 8.31. The van der Waals surface area contributed by atoms with Gasteiger partial charge >= 0.3 is 0 Å². The predicted molar refractivity (Wildman–Crippen MR) is 114 cm³/mol. The molecule has 0 aliphatic carbocycles. The van der Waals surface area contributed by atoms with Crippen LogP contribution >= 0.6 is 11.8 Å². The second-order valence-corrected chi connectivity index (χ2v) is 7.37. The molecule has 0 aliphatic heterocycles. The van der Waals surface area contributed by atoms with Crippen molar-refractivity contribution in [2.75, 3.05) is 7.11 Å². The molecular weight excluding hydrogens is 366 g/mol. The van der Waals surface area contributed by atoms with Crippen molar-refractivity contribution in [2.24, 2.45) is 0 Å². The Labute approximate surface area is 169 Å². The Balaban J connectivity index is 1.70. The smallest absolute Gasteiger partial charge is 0.196 e. The molecule has 0 bridgehead atoms. The highest BCUT2D eigenvalue weighted by molar-refractivity contribution is 7.98. The third-order valence-electron chi connectivity index (χ3n) is 4.56. The standard InChI is InChI=1S/C23H21N3OS/c1-17-8-6-7-11-21(17)22-24-25-23(26(22)19-9-4-3-5-10-19)28-16-18-12-14-20(27-2)15-13-18/h3-15H,16H2,1-2H3. The minimum Gasteiger partial charge on any atom is -0.497 e. The first kappa shape index (κ1) is 18.3. The van der Waals surface area contributed by atoms with E-state index in [9.17, 15) is 0 Å². The van der Waals surface area contributed by atoms with Crippen molar-refractivity contribution in [3.8, 4) is 22.8 Å². The molecule has 28 heavy (non-hydrogen) atoms. The number of ether oxygens (including phenoxy) is 1. The van der Waals surface area contributed by atoms with Crippen LogP contribution in [0.25, 0.3) is 17.1 Å². The Morgan fingerprint density at radius 3 is 2.29 bits per heavy atom. The van der Waals surface area contributed by atoms with E-state index in [0.29, 0.717) is 0 Å². The van der Waals surface area contributed by atoms with Gasteiger partial charge in [0.05, 0.1) is 7.11 Å². The largest absolute Gasteiger partial charge is 0.497 e. The number of aryl methyl sites for hydroxylation is 1. The molecule has 5 heteroatoms. The van der Waals surface area contributed by atoms with Crippen LogP contribution in [0.5, 0.6) is 5.75 Å². The number of para-hydroxylation sites is 1. The molecule has 4 aromatic rings. The molecule has 140 valence electrons. The Morgan fingerprint density at radius 1 is 0.857 bits per heavy atom. The maximum absolute atomic E-state index is 5.24. The maximum Gasteiger partial charge on any atom is 0.196 e. The number of benzene rings is 3. The van der Waals surface area contributed by atoms with Gasteiger partial charge in [0.2, 0.25) is 0 Å². The molecule has 4 rings (SSSR count). The third-order valence-corrected chi connectivity index (χ3v) is 5.56. The van der Waals surface area contributed by atoms with Gasteiger partial charge in [-0.05, 0) is 42.3 Å². The van der Waals surface area contributed by atoms with E-state index < -0.39 is 0 Å². The van der Waals surface area contributed by atoms with Gasteiger partial charge in [0, 0.05) is 17.0 Å². The van der Waals surface area contributed by atoms with E-state index in [-0.39, 0.29) is 0 Å². The van der Waals surface area contributed by atoms with Gasteiger partial charge < -0.3 is 4.74 Å². The number of thioether (sulfide) groups is 1. The van der Waals surface area contributed by atoms with Crippen LogP contribution in [0, 0.1) is 6.92 Å². The number of rotatable bonds is 6. The van der Waals surface area contributed by atoms with Gasteiger partial charge in [-0.15, -0.1) is 10.2 Å². The van der Waals surface area contributed by atoms with Gasteiger partial charge in [-0.1, -0.05) is 66.4 Å². The number of aromatic nitrogens is 3. The lowest BCUT2D eigenvalue weighted by molar-refractivity contribution is 0.414. The fraction of sp³-hybridized carbons (Fsp3) is 0.130. The van der Waals surface area contributed by atoms with Crippen LogP contribution in [-0.2, 0) is 5.75 Å². The molecule has 3 aromatic carbocycles. The molecular formula is C23H21N3OS. The van der Waals surface area contributed by atoms with Crippen LogP contribution in [0.4, 0.5) is 0 Å². The van der Waals surface area contributed by atoms with E-state index >= 15 is 0 Å². The first-order chi connectivity index (χ1) is 13.8. The van der Waals surface area contributed by atoms with Gasteiger partial charge in [-0.3, -0.25) is 4.57 Å². The van der Waals surface area contributed by atoms with Crippen molar-refractivity contribution in [1.82, 2.24) is 14.8 Å². The monoisotopic (exact) mass is 387 g/mol. The Morgan fingerprint density at radius 2 is 1.57 bits per heavy atom. The highest BCUT2D eigenvalue weighted by Crippen LogP contribution is 2.31. The zero-order valence-corrected chi connectivity index (χ0v) is 16.7. The maximum atomic E-state index is 5.24. The molecule has 0 N–H and O–H groups in total. The average Bonchev–Trinajstić information content (AvgIpc) is 3.17. The summed E-state index contributed by atoms with van der Waals surface area (Å²) in [4.78, 5) is 0. The molecule has 1 aromatic heterocycles. The highest BCUT2D eigenvalue weighted by atomic mass is 32.2. The minimum atomic E-state index is 0.808. The van der Waals surface area contributed by atoms with Gasteiger partial charge in [0.1, 0.15) is 5.75 Å². The SMILES string of the molecule is COc1ccc(CSc2nnc(-c3ccccc3C)n2-c2ccccc2)cc1. The first-order valence-electron chi connectivity index (χ1n) is 9.09. The molecule has 0 atom stereocenters. The molecule has 0 fully saturated rings. The fourth-order valence-electron chi connectivity index (χ4n) is 3.04. The molecule has 0 saturated carbocycles. The quantitative estimate of drug-likeness (QED) is 0.407. The van der Waals surface area contributed by atoms with E-state index in [1.807, 2.05) is 42.5 Å². The third kappa shape index (κ3) is 3.80. The van der Waals surface area contributed by atoms with Gasteiger partial charge in [-0.25, -0.2) is 0 Å². The van der Waals surface area contributed by atoms with E-state index in [0.717, 1.165) is 33.7 Å². The van der Waals surface area contributed by atoms with Crippen molar-refractivity contribution in [3.05, 3.63) is 90.0 Å². The summed E-state index contributed by atoms with van der Waals surface area (Å²) in [5, 5.41) is 9.92. The summed E-state index contributed by atoms with van der Waals surface area (Å²) in [5.74, 6) is 2.53. The van der Waals surface area contributed by atoms with Crippen LogP contribution in [0.3, 0.4) is 0 Å². The Bertz CT molecular complexity index is 1060. The van der Waals surface area contributed by atoms with Gasteiger partial charge in [-0.2, -0.15) is 0 Å². The van der Waals surface area contributed by atoms with Crippen LogP contribution in [-0.4, -0.2) is 21.9 Å². The number of methoxy groups -OCH3 is 1. The summed E-state index contributed by atoms with van der Waals surface area (Å²) in [6, 6.07) is 26.7. The van der Waals surface area contributed by atoms with Gasteiger partial charge in [0.15, 0.2) is 11.0 Å². The second-order valence-electron chi connectivity index (χ2n) is 6.43. The van der Waals surface area contributed by atoms with Crippen LogP contribution < -0.4 is 4.74 Å². The predicted octanol–water partition coefficient (Wildman–Crippen LogP) is 5.54. The zero-order valence-electron chi connectivity index (χ0n) is 15.9. The molecule has 4 nitrogen and oxygen atoms in total. The molecule has 0 aliphatic rings. The van der Waals surface area contributed by atoms with Crippen LogP contribution in [0.15, 0.2) is 84.0 Å². The molecule has 0 unspecified atom stereocenters. The van der Waals surface area contributed by atoms with Gasteiger partial charge in [0.25, 0.3) is 0 Å². The molecule has 0 radical (unpaired) electrons. The summed E-state index contributed by atoms with van der Waals surface area (Å²) in [7, 11) is 1.68. The van der Waals surface area contributed by atoms with E-state index in [1.165, 1.54) is 11.1 Å². The van der Waals surface area contributed by atoms with Crippen molar-refractivity contribution in [3.63, 3.8) is 0 Å². The van der Waals surface area contributed by atoms with E-state index in [4.69, 9.17) is 4.74 Å². The summed E-state index contributed by atoms with van der Waals surface area (Å²) in [5.41, 5.74) is 4.54. The van der Waals surface area contributed by atoms with E-state index in [1.54, 1.807) is 18.9 Å². The Hall–Kier alpha value is -3.05. The fourth-order valence-corrected chi connectivity index (χ4v) is 3.95. The van der Waals surface area contributed by atoms with Crippen molar-refractivity contribution in [2.45, 2.75) is 17.8 Å². The van der Waals surface area contributed by atoms with Crippen molar-refractivity contribution < 1.29 is 4.74 Å². The molecule has 0 amide bonds. The lowest BCUT2D eigenvalue weighted by Crippen LogP contribution is -2.00. The average molecular weight is 388 g/mol. The Kier molecular flexibility index (Phi) is 5.44. The lowest BCUT2D eigenvalue weighted by Gasteiger charge is -2.11. The molecule has 0 spiro atoms. The summed E-state index contributed by atoms with van der Waals surface area (Å²) >= 11 is 1.68. The summed E-state index contributed by atoms with van der Waals surface area (Å²) < 4.78 is 7.37. The first-order valence-corrected chi connectivity index (χ1v) is 10.1. The van der Waals surface area contributed by atoms with Crippen LogP contribution in [0.1, 0.15) is 11.1 Å². The molecule has 1 heterocycles. The van der Waals surface area contributed by atoms with E-state index in [2.05, 4.69) is 58.1 Å². The summed E-state index contributed by atoms with van der Waals surface area (Å²) in [6.45, 7) is 2.10. The molecule has 0 saturated heterocycles. The van der Waals surface area contributed by atoms with Crippen molar-refractivity contribution in [1.29, 1.82) is 0 Å². The number of hydrogen-bond acceptors (Lipinski definition) is 4. The highest BCUT2D eigenvalue weighted by Gasteiger charge is 2.17. The topological polar surface area (TPSA) is 39.9 Å². The number of hydrogen-bond donors (Lipinski definition) is 0. The zero-order chi connectivity index (χ0) is 19.3. The van der Waals surface area contributed by atoms with Crippen LogP contribution in [0.2, 0.25) is 0 Å².